The Morgan fingerprint density at radius 1 is 1.38 bits per heavy atom. The van der Waals surface area contributed by atoms with Crippen molar-refractivity contribution in [2.45, 2.75) is 27.7 Å². The molecule has 0 aliphatic carbocycles. The lowest BCUT2D eigenvalue weighted by Gasteiger charge is -1.92. The van der Waals surface area contributed by atoms with Crippen molar-refractivity contribution in [2.75, 3.05) is 0 Å². The van der Waals surface area contributed by atoms with E-state index in [1.807, 2.05) is 26.8 Å². The van der Waals surface area contributed by atoms with E-state index in [0.29, 0.717) is 0 Å². The van der Waals surface area contributed by atoms with E-state index in [1.165, 1.54) is 0 Å². The number of nitrogens with zero attached hydrogens (tertiary/aromatic N) is 1. The van der Waals surface area contributed by atoms with E-state index in [-0.39, 0.29) is 5.78 Å². The molecule has 0 saturated heterocycles. The molecule has 0 aliphatic heterocycles. The first-order valence-corrected chi connectivity index (χ1v) is 4.95. The average Bonchev–Trinajstić information content (AvgIpc) is 2.30. The van der Waals surface area contributed by atoms with Gasteiger partial charge in [0.25, 0.3) is 0 Å². The summed E-state index contributed by atoms with van der Waals surface area (Å²) in [4.78, 5) is 16.4. The van der Waals surface area contributed by atoms with Crippen LogP contribution in [0.5, 0.6) is 0 Å². The highest BCUT2D eigenvalue weighted by molar-refractivity contribution is 7.12. The van der Waals surface area contributed by atoms with Gasteiger partial charge in [-0.1, -0.05) is 0 Å². The lowest BCUT2D eigenvalue weighted by molar-refractivity contribution is -0.113. The maximum Gasteiger partial charge on any atom is 0.155 e. The molecule has 0 unspecified atom stereocenters. The zero-order valence-corrected chi connectivity index (χ0v) is 9.16. The lowest BCUT2D eigenvalue weighted by Crippen LogP contribution is -1.90. The first-order chi connectivity index (χ1) is 6.00. The standard InChI is InChI=1S/C10H13NOS/c1-6(8(3)12)5-10-7(2)11-9(4)13-10/h5H,1-4H3. The van der Waals surface area contributed by atoms with Gasteiger partial charge in [0.1, 0.15) is 0 Å². The molecule has 0 saturated carbocycles. The van der Waals surface area contributed by atoms with E-state index in [1.54, 1.807) is 18.3 Å². The van der Waals surface area contributed by atoms with Crippen molar-refractivity contribution in [2.24, 2.45) is 0 Å². The monoisotopic (exact) mass is 195 g/mol. The highest BCUT2D eigenvalue weighted by atomic mass is 32.1. The molecule has 0 fully saturated rings. The lowest BCUT2D eigenvalue weighted by atomic mass is 10.2. The third-order valence-corrected chi connectivity index (χ3v) is 2.86. The number of aryl methyl sites for hydroxylation is 2. The molecule has 1 aromatic heterocycles. The van der Waals surface area contributed by atoms with Gasteiger partial charge in [0, 0.05) is 0 Å². The Kier molecular flexibility index (Phi) is 2.98. The first kappa shape index (κ1) is 10.1. The van der Waals surface area contributed by atoms with Crippen LogP contribution in [0, 0.1) is 13.8 Å². The number of hydrogen-bond acceptors (Lipinski definition) is 3. The number of allylic oxidation sites excluding steroid dienone is 1. The Balaban J connectivity index is 3.03. The molecular weight excluding hydrogens is 182 g/mol. The number of hydrogen-bond donors (Lipinski definition) is 0. The summed E-state index contributed by atoms with van der Waals surface area (Å²) in [6.45, 7) is 7.34. The van der Waals surface area contributed by atoms with Gasteiger partial charge in [-0.3, -0.25) is 4.79 Å². The third-order valence-electron chi connectivity index (χ3n) is 1.84. The number of thiazole rings is 1. The molecule has 0 amide bonds. The molecule has 2 nitrogen and oxygen atoms in total. The van der Waals surface area contributed by atoms with Crippen molar-refractivity contribution in [3.05, 3.63) is 21.2 Å². The van der Waals surface area contributed by atoms with Crippen molar-refractivity contribution in [3.8, 4) is 0 Å². The van der Waals surface area contributed by atoms with E-state index in [2.05, 4.69) is 4.98 Å². The molecule has 0 atom stereocenters. The van der Waals surface area contributed by atoms with Gasteiger partial charge in [-0.2, -0.15) is 0 Å². The van der Waals surface area contributed by atoms with Crippen LogP contribution in [-0.4, -0.2) is 10.8 Å². The number of ketones is 1. The number of carbonyl (C=O) groups excluding carboxylic acids is 1. The molecule has 1 aromatic rings. The smallest absolute Gasteiger partial charge is 0.155 e. The molecule has 3 heteroatoms. The Hall–Kier alpha value is -0.960. The molecule has 1 rings (SSSR count). The van der Waals surface area contributed by atoms with E-state index in [9.17, 15) is 4.79 Å². The molecule has 13 heavy (non-hydrogen) atoms. The van der Waals surface area contributed by atoms with E-state index < -0.39 is 0 Å². The molecule has 1 heterocycles. The van der Waals surface area contributed by atoms with Crippen molar-refractivity contribution in [1.29, 1.82) is 0 Å². The minimum atomic E-state index is 0.116. The van der Waals surface area contributed by atoms with Crippen LogP contribution in [0.3, 0.4) is 0 Å². The van der Waals surface area contributed by atoms with Gasteiger partial charge in [-0.15, -0.1) is 11.3 Å². The van der Waals surface area contributed by atoms with Gasteiger partial charge < -0.3 is 0 Å². The fourth-order valence-electron chi connectivity index (χ4n) is 0.979. The zero-order valence-electron chi connectivity index (χ0n) is 8.34. The number of Topliss-reactive ketones (excluding diaryl/α,β-unsaturated/α-hetero) is 1. The summed E-state index contributed by atoms with van der Waals surface area (Å²) in [7, 11) is 0. The Morgan fingerprint density at radius 3 is 2.38 bits per heavy atom. The van der Waals surface area contributed by atoms with Gasteiger partial charge in [0.2, 0.25) is 0 Å². The zero-order chi connectivity index (χ0) is 10.0. The summed E-state index contributed by atoms with van der Waals surface area (Å²) in [5.74, 6) is 0.116. The van der Waals surface area contributed by atoms with Crippen LogP contribution in [0.2, 0.25) is 0 Å². The molecule has 0 N–H and O–H groups in total. The van der Waals surface area contributed by atoms with Crippen molar-refractivity contribution in [1.82, 2.24) is 4.98 Å². The second-order valence-electron chi connectivity index (χ2n) is 3.07. The van der Waals surface area contributed by atoms with Crippen LogP contribution < -0.4 is 0 Å². The molecule has 0 bridgehead atoms. The molecular formula is C10H13NOS. The first-order valence-electron chi connectivity index (χ1n) is 4.14. The molecule has 0 spiro atoms. The molecule has 70 valence electrons. The third kappa shape index (κ3) is 2.49. The van der Waals surface area contributed by atoms with Crippen molar-refractivity contribution < 1.29 is 4.79 Å². The second-order valence-corrected chi connectivity index (χ2v) is 4.30. The summed E-state index contributed by atoms with van der Waals surface area (Å²) in [5.41, 5.74) is 1.79. The number of aromatic nitrogens is 1. The second kappa shape index (κ2) is 3.83. The Bertz CT molecular complexity index is 363. The molecule has 0 radical (unpaired) electrons. The SMILES string of the molecule is CC(=O)C(C)=Cc1sc(C)nc1C. The highest BCUT2D eigenvalue weighted by Crippen LogP contribution is 2.20. The fraction of sp³-hybridized carbons (Fsp3) is 0.400. The van der Waals surface area contributed by atoms with Crippen LogP contribution in [0.4, 0.5) is 0 Å². The predicted octanol–water partition coefficient (Wildman–Crippen LogP) is 2.75. The fourth-order valence-corrected chi connectivity index (χ4v) is 1.91. The summed E-state index contributed by atoms with van der Waals surface area (Å²) in [5, 5.41) is 1.04. The summed E-state index contributed by atoms with van der Waals surface area (Å²) < 4.78 is 0. The molecule has 0 aromatic carbocycles. The molecule has 0 aliphatic rings. The van der Waals surface area contributed by atoms with Gasteiger partial charge in [0.15, 0.2) is 5.78 Å². The summed E-state index contributed by atoms with van der Waals surface area (Å²) >= 11 is 1.62. The van der Waals surface area contributed by atoms with Gasteiger partial charge in [0.05, 0.1) is 15.6 Å². The minimum Gasteiger partial charge on any atom is -0.295 e. The van der Waals surface area contributed by atoms with E-state index >= 15 is 0 Å². The quantitative estimate of drug-likeness (QED) is 0.679. The van der Waals surface area contributed by atoms with Gasteiger partial charge in [-0.05, 0) is 39.3 Å². The minimum absolute atomic E-state index is 0.116. The largest absolute Gasteiger partial charge is 0.295 e. The normalized spacial score (nSPS) is 11.8. The van der Waals surface area contributed by atoms with Gasteiger partial charge in [-0.25, -0.2) is 4.98 Å². The van der Waals surface area contributed by atoms with Crippen LogP contribution in [0.25, 0.3) is 6.08 Å². The Morgan fingerprint density at radius 2 is 2.00 bits per heavy atom. The van der Waals surface area contributed by atoms with Crippen molar-refractivity contribution >= 4 is 23.2 Å². The summed E-state index contributed by atoms with van der Waals surface area (Å²) in [6, 6.07) is 0. The topological polar surface area (TPSA) is 30.0 Å². The van der Waals surface area contributed by atoms with Crippen LogP contribution in [0.1, 0.15) is 29.4 Å². The predicted molar refractivity (Wildman–Crippen MR) is 55.9 cm³/mol. The maximum absolute atomic E-state index is 11.0. The van der Waals surface area contributed by atoms with E-state index in [4.69, 9.17) is 0 Å². The Labute approximate surface area is 82.3 Å². The average molecular weight is 195 g/mol. The van der Waals surface area contributed by atoms with Crippen molar-refractivity contribution in [3.63, 3.8) is 0 Å². The number of rotatable bonds is 2. The van der Waals surface area contributed by atoms with Gasteiger partial charge >= 0.3 is 0 Å². The van der Waals surface area contributed by atoms with Crippen LogP contribution in [-0.2, 0) is 4.79 Å². The summed E-state index contributed by atoms with van der Waals surface area (Å²) in [6.07, 6.45) is 1.91. The van der Waals surface area contributed by atoms with Crippen LogP contribution in [0.15, 0.2) is 5.57 Å². The van der Waals surface area contributed by atoms with E-state index in [0.717, 1.165) is 21.2 Å². The maximum atomic E-state index is 11.0. The highest BCUT2D eigenvalue weighted by Gasteiger charge is 2.03. The number of carbonyl (C=O) groups is 1. The van der Waals surface area contributed by atoms with Crippen LogP contribution >= 0.6 is 11.3 Å².